The summed E-state index contributed by atoms with van der Waals surface area (Å²) < 4.78 is 62.6. The first kappa shape index (κ1) is 24.7. The number of nitrogen functional groups attached to an aromatic ring is 1. The van der Waals surface area contributed by atoms with Crippen LogP contribution in [0.3, 0.4) is 0 Å². The van der Waals surface area contributed by atoms with Crippen LogP contribution >= 0.6 is 11.6 Å². The Bertz CT molecular complexity index is 1400. The fourth-order valence-corrected chi connectivity index (χ4v) is 4.66. The molecular weight excluding hydrogens is 522 g/mol. The monoisotopic (exact) mass is 539 g/mol. The van der Waals surface area contributed by atoms with E-state index in [0.717, 1.165) is 12.1 Å². The van der Waals surface area contributed by atoms with Crippen molar-refractivity contribution in [1.29, 1.82) is 0 Å². The zero-order valence-corrected chi connectivity index (χ0v) is 19.6. The molecule has 0 bridgehead atoms. The van der Waals surface area contributed by atoms with Crippen LogP contribution in [0.2, 0.25) is 5.02 Å². The number of amides is 2. The largest absolute Gasteiger partial charge is 0.573 e. The number of halogens is 5. The van der Waals surface area contributed by atoms with Crippen LogP contribution in [0.4, 0.5) is 33.9 Å². The van der Waals surface area contributed by atoms with Crippen molar-refractivity contribution in [3.63, 3.8) is 0 Å². The van der Waals surface area contributed by atoms with Crippen molar-refractivity contribution < 1.29 is 36.6 Å². The molecule has 194 valence electrons. The topological polar surface area (TPSA) is 112 Å². The fourth-order valence-electron chi connectivity index (χ4n) is 4.50. The standard InChI is InChI=1S/C23H18ClF4N5O4/c24-14-5-6-15-19(20(14)25)22(37-21(35)30-15)7-8-32(11-22)18(34)10-33-17(29)9-16(31-33)12-1-3-13(4-2-12)36-23(26,27)28/h1-6,9H,7-8,10-11,29H2,(H,30,35)/t22-/m0/s1. The number of carbonyl (C=O) groups excluding carboxylic acids is 2. The van der Waals surface area contributed by atoms with Gasteiger partial charge in [0, 0.05) is 24.6 Å². The van der Waals surface area contributed by atoms with E-state index in [4.69, 9.17) is 22.1 Å². The van der Waals surface area contributed by atoms with Gasteiger partial charge in [-0.05, 0) is 36.4 Å². The highest BCUT2D eigenvalue weighted by atomic mass is 35.5. The zero-order chi connectivity index (χ0) is 26.5. The van der Waals surface area contributed by atoms with E-state index in [1.54, 1.807) is 0 Å². The molecule has 37 heavy (non-hydrogen) atoms. The van der Waals surface area contributed by atoms with E-state index in [-0.39, 0.29) is 53.9 Å². The second kappa shape index (κ2) is 8.83. The van der Waals surface area contributed by atoms with Gasteiger partial charge in [-0.25, -0.2) is 13.9 Å². The van der Waals surface area contributed by atoms with E-state index in [1.165, 1.54) is 39.9 Å². The van der Waals surface area contributed by atoms with Crippen molar-refractivity contribution in [2.75, 3.05) is 24.1 Å². The lowest BCUT2D eigenvalue weighted by Crippen LogP contribution is -2.44. The number of alkyl halides is 3. The molecular formula is C23H18ClF4N5O4. The number of fused-ring (bicyclic) bond motifs is 2. The van der Waals surface area contributed by atoms with Gasteiger partial charge in [-0.2, -0.15) is 5.10 Å². The maximum absolute atomic E-state index is 14.9. The number of nitrogens with two attached hydrogens (primary N) is 1. The van der Waals surface area contributed by atoms with Gasteiger partial charge in [0.1, 0.15) is 18.1 Å². The molecule has 14 heteroatoms. The summed E-state index contributed by atoms with van der Waals surface area (Å²) in [6.45, 7) is -0.196. The molecule has 3 aromatic rings. The highest BCUT2D eigenvalue weighted by Crippen LogP contribution is 2.45. The lowest BCUT2D eigenvalue weighted by Gasteiger charge is -2.35. The minimum absolute atomic E-state index is 0.0775. The summed E-state index contributed by atoms with van der Waals surface area (Å²) >= 11 is 5.95. The second-order valence-corrected chi connectivity index (χ2v) is 8.95. The number of nitrogens with zero attached hydrogens (tertiary/aromatic N) is 3. The van der Waals surface area contributed by atoms with Crippen molar-refractivity contribution in [1.82, 2.24) is 14.7 Å². The lowest BCUT2D eigenvalue weighted by molar-refractivity contribution is -0.274. The Labute approximate surface area is 211 Å². The van der Waals surface area contributed by atoms with Gasteiger partial charge in [-0.1, -0.05) is 11.6 Å². The quantitative estimate of drug-likeness (QED) is 0.472. The predicted octanol–water partition coefficient (Wildman–Crippen LogP) is 4.51. The van der Waals surface area contributed by atoms with Crippen LogP contribution in [0.15, 0.2) is 42.5 Å². The van der Waals surface area contributed by atoms with Gasteiger partial charge in [-0.3, -0.25) is 10.1 Å². The van der Waals surface area contributed by atoms with Gasteiger partial charge in [0.05, 0.1) is 28.5 Å². The van der Waals surface area contributed by atoms with E-state index in [9.17, 15) is 27.2 Å². The van der Waals surface area contributed by atoms with E-state index < -0.39 is 29.8 Å². The van der Waals surface area contributed by atoms with Gasteiger partial charge in [0.25, 0.3) is 0 Å². The van der Waals surface area contributed by atoms with Crippen LogP contribution in [-0.2, 0) is 21.7 Å². The van der Waals surface area contributed by atoms with Gasteiger partial charge < -0.3 is 20.1 Å². The van der Waals surface area contributed by atoms with Crippen LogP contribution in [0.5, 0.6) is 5.75 Å². The maximum atomic E-state index is 14.9. The SMILES string of the molecule is Nc1cc(-c2ccc(OC(F)(F)F)cc2)nn1CC(=O)N1CC[C@@]2(C1)OC(=O)Nc1ccc(Cl)c(F)c12. The normalized spacial score (nSPS) is 18.9. The Morgan fingerprint density at radius 2 is 1.97 bits per heavy atom. The molecule has 0 saturated carbocycles. The smallest absolute Gasteiger partial charge is 0.436 e. The molecule has 2 amide bonds. The lowest BCUT2D eigenvalue weighted by atomic mass is 9.89. The van der Waals surface area contributed by atoms with Crippen LogP contribution in [0, 0.1) is 5.82 Å². The van der Waals surface area contributed by atoms with Gasteiger partial charge in [0.15, 0.2) is 11.4 Å². The summed E-state index contributed by atoms with van der Waals surface area (Å²) in [7, 11) is 0. The molecule has 5 rings (SSSR count). The first-order chi connectivity index (χ1) is 17.4. The number of ether oxygens (including phenoxy) is 2. The third kappa shape index (κ3) is 4.73. The molecule has 1 fully saturated rings. The van der Waals surface area contributed by atoms with Crippen LogP contribution in [0.25, 0.3) is 11.3 Å². The third-order valence-electron chi connectivity index (χ3n) is 6.14. The maximum Gasteiger partial charge on any atom is 0.573 e. The van der Waals surface area contributed by atoms with Gasteiger partial charge in [0.2, 0.25) is 5.91 Å². The second-order valence-electron chi connectivity index (χ2n) is 8.54. The minimum atomic E-state index is -4.81. The van der Waals surface area contributed by atoms with Crippen molar-refractivity contribution in [2.24, 2.45) is 0 Å². The van der Waals surface area contributed by atoms with Crippen molar-refractivity contribution in [3.8, 4) is 17.0 Å². The van der Waals surface area contributed by atoms with Crippen molar-refractivity contribution >= 4 is 35.1 Å². The Morgan fingerprint density at radius 3 is 2.68 bits per heavy atom. The number of nitrogens with one attached hydrogen (secondary N) is 1. The zero-order valence-electron chi connectivity index (χ0n) is 18.8. The van der Waals surface area contributed by atoms with Gasteiger partial charge >= 0.3 is 12.5 Å². The summed E-state index contributed by atoms with van der Waals surface area (Å²) in [5.74, 6) is -1.39. The summed E-state index contributed by atoms with van der Waals surface area (Å²) in [5.41, 5.74) is 5.70. The molecule has 1 spiro atoms. The Balaban J connectivity index is 1.32. The van der Waals surface area contributed by atoms with Crippen molar-refractivity contribution in [2.45, 2.75) is 24.9 Å². The predicted molar refractivity (Wildman–Crippen MR) is 123 cm³/mol. The molecule has 1 aromatic heterocycles. The number of aromatic nitrogens is 2. The fraction of sp³-hybridized carbons (Fsp3) is 0.261. The molecule has 2 aromatic carbocycles. The number of hydrogen-bond donors (Lipinski definition) is 2. The third-order valence-corrected chi connectivity index (χ3v) is 6.43. The first-order valence-electron chi connectivity index (χ1n) is 10.9. The summed E-state index contributed by atoms with van der Waals surface area (Å²) in [6, 6.07) is 9.29. The first-order valence-corrected chi connectivity index (χ1v) is 11.3. The summed E-state index contributed by atoms with van der Waals surface area (Å²) in [6.07, 6.45) is -5.42. The Kier molecular flexibility index (Phi) is 5.89. The number of rotatable bonds is 4. The summed E-state index contributed by atoms with van der Waals surface area (Å²) in [4.78, 5) is 26.6. The Hall–Kier alpha value is -4.00. The van der Waals surface area contributed by atoms with Crippen LogP contribution in [0.1, 0.15) is 12.0 Å². The highest BCUT2D eigenvalue weighted by molar-refractivity contribution is 6.31. The van der Waals surface area contributed by atoms with E-state index in [0.29, 0.717) is 11.3 Å². The molecule has 1 saturated heterocycles. The average Bonchev–Trinajstić information content (AvgIpc) is 3.39. The number of likely N-dealkylation sites (tertiary alicyclic amines) is 1. The minimum Gasteiger partial charge on any atom is -0.436 e. The molecule has 2 aliphatic rings. The van der Waals surface area contributed by atoms with E-state index >= 15 is 0 Å². The molecule has 3 heterocycles. The highest BCUT2D eigenvalue weighted by Gasteiger charge is 2.50. The molecule has 0 radical (unpaired) electrons. The molecule has 1 atom stereocenters. The molecule has 9 nitrogen and oxygen atoms in total. The van der Waals surface area contributed by atoms with E-state index in [2.05, 4.69) is 15.2 Å². The van der Waals surface area contributed by atoms with Crippen LogP contribution in [-0.4, -0.2) is 46.1 Å². The molecule has 0 aliphatic carbocycles. The number of benzene rings is 2. The Morgan fingerprint density at radius 1 is 1.24 bits per heavy atom. The average molecular weight is 540 g/mol. The van der Waals surface area contributed by atoms with Gasteiger partial charge in [-0.15, -0.1) is 13.2 Å². The molecule has 0 unspecified atom stereocenters. The van der Waals surface area contributed by atoms with E-state index in [1.807, 2.05) is 0 Å². The summed E-state index contributed by atoms with van der Waals surface area (Å²) in [5, 5.41) is 6.59. The number of hydrogen-bond acceptors (Lipinski definition) is 6. The van der Waals surface area contributed by atoms with Crippen molar-refractivity contribution in [3.05, 3.63) is 58.9 Å². The number of anilines is 2. The molecule has 3 N–H and O–H groups in total. The molecule has 2 aliphatic heterocycles. The number of carbonyl (C=O) groups is 2. The van der Waals surface area contributed by atoms with Crippen LogP contribution < -0.4 is 15.8 Å².